The van der Waals surface area contributed by atoms with E-state index >= 15 is 0 Å². The van der Waals surface area contributed by atoms with Gasteiger partial charge in [-0.05, 0) is 55.8 Å². The molecule has 1 aromatic heterocycles. The molecular formula is C20H18N4O2S. The molecule has 0 spiro atoms. The Bertz CT molecular complexity index is 1120. The zero-order valence-corrected chi connectivity index (χ0v) is 15.7. The Hall–Kier alpha value is -3.37. The van der Waals surface area contributed by atoms with E-state index in [-0.39, 0.29) is 4.90 Å². The summed E-state index contributed by atoms with van der Waals surface area (Å²) in [5.74, 6) is 0.541. The quantitative estimate of drug-likeness (QED) is 0.696. The Labute approximate surface area is 158 Å². The molecule has 6 nitrogen and oxygen atoms in total. The summed E-state index contributed by atoms with van der Waals surface area (Å²) in [6.45, 7) is 3.68. The van der Waals surface area contributed by atoms with Gasteiger partial charge in [0, 0.05) is 5.69 Å². The standard InChI is InChI=1S/C20H18N4O2S/c1-14-6-8-19(15(2)10-14)27(25,26)24-18-7-9-20(22-13-18)23-17-5-3-4-16(11-17)12-21/h3-11,13,24H,1-2H3,(H,22,23). The van der Waals surface area contributed by atoms with Crippen molar-refractivity contribution >= 4 is 27.2 Å². The van der Waals surface area contributed by atoms with Gasteiger partial charge in [0.2, 0.25) is 0 Å². The van der Waals surface area contributed by atoms with Gasteiger partial charge in [0.1, 0.15) is 5.82 Å². The summed E-state index contributed by atoms with van der Waals surface area (Å²) >= 11 is 0. The number of sulfonamides is 1. The summed E-state index contributed by atoms with van der Waals surface area (Å²) in [5, 5.41) is 12.0. The topological polar surface area (TPSA) is 94.9 Å². The molecule has 0 saturated carbocycles. The van der Waals surface area contributed by atoms with Crippen LogP contribution in [0.5, 0.6) is 0 Å². The van der Waals surface area contributed by atoms with Crippen molar-refractivity contribution in [3.05, 3.63) is 77.5 Å². The van der Waals surface area contributed by atoms with Crippen molar-refractivity contribution in [3.63, 3.8) is 0 Å². The Kier molecular flexibility index (Phi) is 5.10. The highest BCUT2D eigenvalue weighted by atomic mass is 32.2. The molecule has 0 atom stereocenters. The van der Waals surface area contributed by atoms with Gasteiger partial charge in [0.05, 0.1) is 28.4 Å². The van der Waals surface area contributed by atoms with Crippen molar-refractivity contribution in [1.82, 2.24) is 4.98 Å². The lowest BCUT2D eigenvalue weighted by atomic mass is 10.2. The van der Waals surface area contributed by atoms with Crippen LogP contribution in [0.4, 0.5) is 17.2 Å². The molecule has 7 heteroatoms. The smallest absolute Gasteiger partial charge is 0.262 e. The first-order valence-electron chi connectivity index (χ1n) is 8.21. The second kappa shape index (κ2) is 7.48. The van der Waals surface area contributed by atoms with E-state index in [1.807, 2.05) is 19.1 Å². The Morgan fingerprint density at radius 1 is 1.00 bits per heavy atom. The monoisotopic (exact) mass is 378 g/mol. The predicted octanol–water partition coefficient (Wildman–Crippen LogP) is 4.11. The van der Waals surface area contributed by atoms with Gasteiger partial charge >= 0.3 is 0 Å². The van der Waals surface area contributed by atoms with Gasteiger partial charge in [0.15, 0.2) is 0 Å². The Morgan fingerprint density at radius 3 is 2.48 bits per heavy atom. The van der Waals surface area contributed by atoms with E-state index in [0.717, 1.165) is 11.3 Å². The van der Waals surface area contributed by atoms with Crippen LogP contribution in [0.1, 0.15) is 16.7 Å². The average molecular weight is 378 g/mol. The van der Waals surface area contributed by atoms with E-state index in [2.05, 4.69) is 21.1 Å². The number of benzene rings is 2. The van der Waals surface area contributed by atoms with Crippen molar-refractivity contribution in [2.24, 2.45) is 0 Å². The number of nitrogens with zero attached hydrogens (tertiary/aromatic N) is 2. The van der Waals surface area contributed by atoms with E-state index in [0.29, 0.717) is 22.6 Å². The van der Waals surface area contributed by atoms with E-state index in [1.165, 1.54) is 6.20 Å². The lowest BCUT2D eigenvalue weighted by Crippen LogP contribution is -2.14. The van der Waals surface area contributed by atoms with Crippen molar-refractivity contribution in [2.45, 2.75) is 18.7 Å². The van der Waals surface area contributed by atoms with E-state index < -0.39 is 10.0 Å². The third-order valence-corrected chi connectivity index (χ3v) is 5.44. The fourth-order valence-electron chi connectivity index (χ4n) is 2.65. The first-order valence-corrected chi connectivity index (χ1v) is 9.69. The molecule has 0 fully saturated rings. The number of hydrogen-bond donors (Lipinski definition) is 2. The number of anilines is 3. The molecular weight excluding hydrogens is 360 g/mol. The summed E-state index contributed by atoms with van der Waals surface area (Å²) < 4.78 is 27.7. The second-order valence-corrected chi connectivity index (χ2v) is 7.77. The third kappa shape index (κ3) is 4.43. The maximum Gasteiger partial charge on any atom is 0.262 e. The van der Waals surface area contributed by atoms with Gasteiger partial charge in [0.25, 0.3) is 10.0 Å². The molecule has 0 aliphatic carbocycles. The Morgan fingerprint density at radius 2 is 1.81 bits per heavy atom. The maximum absolute atomic E-state index is 12.6. The predicted molar refractivity (Wildman–Crippen MR) is 105 cm³/mol. The highest BCUT2D eigenvalue weighted by Crippen LogP contribution is 2.22. The normalized spacial score (nSPS) is 10.9. The second-order valence-electron chi connectivity index (χ2n) is 6.12. The van der Waals surface area contributed by atoms with Crippen LogP contribution >= 0.6 is 0 Å². The first kappa shape index (κ1) is 18.4. The molecule has 0 unspecified atom stereocenters. The number of nitrogens with one attached hydrogen (secondary N) is 2. The summed E-state index contributed by atoms with van der Waals surface area (Å²) in [4.78, 5) is 4.46. The average Bonchev–Trinajstić information content (AvgIpc) is 2.63. The number of hydrogen-bond acceptors (Lipinski definition) is 5. The SMILES string of the molecule is Cc1ccc(S(=O)(=O)Nc2ccc(Nc3cccc(C#N)c3)nc2)c(C)c1. The summed E-state index contributed by atoms with van der Waals surface area (Å²) in [7, 11) is -3.69. The van der Waals surface area contributed by atoms with Crippen LogP contribution in [0.3, 0.4) is 0 Å². The van der Waals surface area contributed by atoms with E-state index in [4.69, 9.17) is 5.26 Å². The largest absolute Gasteiger partial charge is 0.340 e. The number of pyridine rings is 1. The van der Waals surface area contributed by atoms with Crippen molar-refractivity contribution in [1.29, 1.82) is 5.26 Å². The van der Waals surface area contributed by atoms with Crippen LogP contribution in [-0.4, -0.2) is 13.4 Å². The van der Waals surface area contributed by atoms with Gasteiger partial charge in [-0.3, -0.25) is 4.72 Å². The van der Waals surface area contributed by atoms with Gasteiger partial charge < -0.3 is 5.32 Å². The number of aromatic nitrogens is 1. The van der Waals surface area contributed by atoms with Gasteiger partial charge in [-0.15, -0.1) is 0 Å². The zero-order valence-electron chi connectivity index (χ0n) is 14.9. The highest BCUT2D eigenvalue weighted by Gasteiger charge is 2.17. The summed E-state index contributed by atoms with van der Waals surface area (Å²) in [6, 6.07) is 17.6. The molecule has 2 aromatic carbocycles. The van der Waals surface area contributed by atoms with Crippen molar-refractivity contribution in [2.75, 3.05) is 10.0 Å². The van der Waals surface area contributed by atoms with Gasteiger partial charge in [-0.25, -0.2) is 13.4 Å². The minimum absolute atomic E-state index is 0.239. The molecule has 2 N–H and O–H groups in total. The molecule has 0 aliphatic rings. The lowest BCUT2D eigenvalue weighted by Gasteiger charge is -2.11. The highest BCUT2D eigenvalue weighted by molar-refractivity contribution is 7.92. The van der Waals surface area contributed by atoms with Gasteiger partial charge in [-0.1, -0.05) is 23.8 Å². The molecule has 0 aliphatic heterocycles. The number of rotatable bonds is 5. The van der Waals surface area contributed by atoms with Crippen LogP contribution in [0.15, 0.2) is 65.7 Å². The third-order valence-electron chi connectivity index (χ3n) is 3.90. The Balaban J connectivity index is 1.76. The molecule has 136 valence electrons. The van der Waals surface area contributed by atoms with E-state index in [1.54, 1.807) is 49.4 Å². The van der Waals surface area contributed by atoms with Crippen LogP contribution in [0.25, 0.3) is 0 Å². The zero-order chi connectivity index (χ0) is 19.4. The molecule has 3 aromatic rings. The first-order chi connectivity index (χ1) is 12.9. The van der Waals surface area contributed by atoms with Crippen LogP contribution in [0, 0.1) is 25.2 Å². The molecule has 1 heterocycles. The van der Waals surface area contributed by atoms with E-state index in [9.17, 15) is 8.42 Å². The van der Waals surface area contributed by atoms with Crippen molar-refractivity contribution in [3.8, 4) is 6.07 Å². The van der Waals surface area contributed by atoms with Crippen LogP contribution < -0.4 is 10.0 Å². The number of aryl methyl sites for hydroxylation is 2. The van der Waals surface area contributed by atoms with Gasteiger partial charge in [-0.2, -0.15) is 5.26 Å². The van der Waals surface area contributed by atoms with Crippen LogP contribution in [-0.2, 0) is 10.0 Å². The molecule has 3 rings (SSSR count). The minimum atomic E-state index is -3.69. The summed E-state index contributed by atoms with van der Waals surface area (Å²) in [5.41, 5.74) is 3.32. The lowest BCUT2D eigenvalue weighted by molar-refractivity contribution is 0.600. The molecule has 0 amide bonds. The number of nitriles is 1. The van der Waals surface area contributed by atoms with Crippen molar-refractivity contribution < 1.29 is 8.42 Å². The molecule has 27 heavy (non-hydrogen) atoms. The fourth-order valence-corrected chi connectivity index (χ4v) is 3.92. The summed E-state index contributed by atoms with van der Waals surface area (Å²) in [6.07, 6.45) is 1.44. The van der Waals surface area contributed by atoms with Crippen LogP contribution in [0.2, 0.25) is 0 Å². The molecule has 0 bridgehead atoms. The molecule has 0 saturated heterocycles. The minimum Gasteiger partial charge on any atom is -0.340 e. The molecule has 0 radical (unpaired) electrons. The maximum atomic E-state index is 12.6. The fraction of sp³-hybridized carbons (Fsp3) is 0.100.